The van der Waals surface area contributed by atoms with Crippen LogP contribution in [-0.4, -0.2) is 35.8 Å². The van der Waals surface area contributed by atoms with Gasteiger partial charge in [0.2, 0.25) is 0 Å². The van der Waals surface area contributed by atoms with Gasteiger partial charge < -0.3 is 10.4 Å². The summed E-state index contributed by atoms with van der Waals surface area (Å²) >= 11 is 2.05. The summed E-state index contributed by atoms with van der Waals surface area (Å²) in [6, 6.07) is 0.588. The van der Waals surface area contributed by atoms with Crippen LogP contribution in [0.4, 0.5) is 0 Å². The SMILES string of the molecule is CCC(CC)(CO)CNC1CSCCC1(C)C. The van der Waals surface area contributed by atoms with E-state index in [0.29, 0.717) is 18.1 Å². The Hall–Kier alpha value is 0.270. The third-order valence-electron chi connectivity index (χ3n) is 4.68. The summed E-state index contributed by atoms with van der Waals surface area (Å²) in [5.74, 6) is 2.50. The minimum Gasteiger partial charge on any atom is -0.396 e. The zero-order valence-electron chi connectivity index (χ0n) is 11.9. The van der Waals surface area contributed by atoms with Crippen molar-refractivity contribution in [2.24, 2.45) is 10.8 Å². The standard InChI is InChI=1S/C14H29NOS/c1-5-14(6-2,11-16)10-15-12-9-17-8-7-13(12,3)4/h12,15-16H,5-11H2,1-4H3. The molecule has 0 aromatic heterocycles. The van der Waals surface area contributed by atoms with Crippen LogP contribution in [0.25, 0.3) is 0 Å². The van der Waals surface area contributed by atoms with Crippen molar-refractivity contribution in [1.29, 1.82) is 0 Å². The molecule has 2 N–H and O–H groups in total. The molecule has 1 aliphatic rings. The highest BCUT2D eigenvalue weighted by atomic mass is 32.2. The second-order valence-corrected chi connectivity index (χ2v) is 7.26. The molecular weight excluding hydrogens is 230 g/mol. The highest BCUT2D eigenvalue weighted by Gasteiger charge is 2.34. The quantitative estimate of drug-likeness (QED) is 0.769. The minimum absolute atomic E-state index is 0.0815. The third kappa shape index (κ3) is 3.87. The molecule has 0 bridgehead atoms. The van der Waals surface area contributed by atoms with Crippen LogP contribution >= 0.6 is 11.8 Å². The van der Waals surface area contributed by atoms with Crippen molar-refractivity contribution in [3.8, 4) is 0 Å². The van der Waals surface area contributed by atoms with Gasteiger partial charge in [0.05, 0.1) is 0 Å². The van der Waals surface area contributed by atoms with Crippen LogP contribution in [0.15, 0.2) is 0 Å². The van der Waals surface area contributed by atoms with Gasteiger partial charge in [-0.3, -0.25) is 0 Å². The van der Waals surface area contributed by atoms with Crippen LogP contribution in [0.5, 0.6) is 0 Å². The van der Waals surface area contributed by atoms with Crippen LogP contribution in [0.3, 0.4) is 0 Å². The van der Waals surface area contributed by atoms with Crippen molar-refractivity contribution in [3.05, 3.63) is 0 Å². The average Bonchev–Trinajstić information content (AvgIpc) is 2.33. The van der Waals surface area contributed by atoms with E-state index in [1.165, 1.54) is 17.9 Å². The Labute approximate surface area is 111 Å². The smallest absolute Gasteiger partial charge is 0.0499 e. The number of hydrogen-bond donors (Lipinski definition) is 2. The number of nitrogens with one attached hydrogen (secondary N) is 1. The van der Waals surface area contributed by atoms with Crippen molar-refractivity contribution in [3.63, 3.8) is 0 Å². The summed E-state index contributed by atoms with van der Waals surface area (Å²) in [5, 5.41) is 13.3. The first-order chi connectivity index (χ1) is 7.99. The molecule has 1 atom stereocenters. The summed E-state index contributed by atoms with van der Waals surface area (Å²) < 4.78 is 0. The van der Waals surface area contributed by atoms with E-state index in [-0.39, 0.29) is 5.41 Å². The molecule has 102 valence electrons. The molecule has 1 rings (SSSR count). The maximum Gasteiger partial charge on any atom is 0.0499 e. The largest absolute Gasteiger partial charge is 0.396 e. The van der Waals surface area contributed by atoms with Gasteiger partial charge in [0.15, 0.2) is 0 Å². The van der Waals surface area contributed by atoms with Crippen molar-refractivity contribution >= 4 is 11.8 Å². The molecule has 2 nitrogen and oxygen atoms in total. The van der Waals surface area contributed by atoms with Gasteiger partial charge in [-0.1, -0.05) is 27.7 Å². The van der Waals surface area contributed by atoms with E-state index in [4.69, 9.17) is 0 Å². The lowest BCUT2D eigenvalue weighted by atomic mass is 9.79. The molecule has 1 unspecified atom stereocenters. The van der Waals surface area contributed by atoms with E-state index in [0.717, 1.165) is 19.4 Å². The molecule has 0 saturated carbocycles. The predicted octanol–water partition coefficient (Wildman–Crippen LogP) is 2.91. The first-order valence-corrected chi connectivity index (χ1v) is 8.07. The lowest BCUT2D eigenvalue weighted by molar-refractivity contribution is 0.101. The van der Waals surface area contributed by atoms with Crippen LogP contribution in [0.2, 0.25) is 0 Å². The molecule has 0 aliphatic carbocycles. The van der Waals surface area contributed by atoms with Gasteiger partial charge in [-0.05, 0) is 30.4 Å². The van der Waals surface area contributed by atoms with Gasteiger partial charge in [0.1, 0.15) is 0 Å². The number of aliphatic hydroxyl groups is 1. The third-order valence-corrected chi connectivity index (χ3v) is 5.74. The monoisotopic (exact) mass is 259 g/mol. The molecule has 17 heavy (non-hydrogen) atoms. The van der Waals surface area contributed by atoms with Gasteiger partial charge in [-0.15, -0.1) is 0 Å². The predicted molar refractivity (Wildman–Crippen MR) is 77.6 cm³/mol. The first kappa shape index (κ1) is 15.3. The Balaban J connectivity index is 2.53. The van der Waals surface area contributed by atoms with Gasteiger partial charge >= 0.3 is 0 Å². The van der Waals surface area contributed by atoms with E-state index >= 15 is 0 Å². The maximum atomic E-state index is 9.59. The Bertz CT molecular complexity index is 218. The molecule has 0 radical (unpaired) electrons. The molecule has 1 heterocycles. The number of thioether (sulfide) groups is 1. The highest BCUT2D eigenvalue weighted by Crippen LogP contribution is 2.35. The fourth-order valence-corrected chi connectivity index (χ4v) is 4.03. The molecular formula is C14H29NOS. The summed E-state index contributed by atoms with van der Waals surface area (Å²) in [4.78, 5) is 0. The highest BCUT2D eigenvalue weighted by molar-refractivity contribution is 7.99. The number of aliphatic hydroxyl groups excluding tert-OH is 1. The summed E-state index contributed by atoms with van der Waals surface area (Å²) in [5.41, 5.74) is 0.478. The van der Waals surface area contributed by atoms with Crippen LogP contribution in [-0.2, 0) is 0 Å². The molecule has 1 saturated heterocycles. The molecule has 3 heteroatoms. The van der Waals surface area contributed by atoms with E-state index in [1.54, 1.807) is 0 Å². The fourth-order valence-electron chi connectivity index (χ4n) is 2.39. The minimum atomic E-state index is 0.0815. The average molecular weight is 259 g/mol. The zero-order chi connectivity index (χ0) is 12.9. The van der Waals surface area contributed by atoms with Crippen molar-refractivity contribution in [2.75, 3.05) is 24.7 Å². The normalized spacial score (nSPS) is 24.9. The molecule has 0 aromatic carbocycles. The van der Waals surface area contributed by atoms with Crippen LogP contribution < -0.4 is 5.32 Å². The fraction of sp³-hybridized carbons (Fsp3) is 1.00. The van der Waals surface area contributed by atoms with Crippen molar-refractivity contribution in [1.82, 2.24) is 5.32 Å². The lowest BCUT2D eigenvalue weighted by Crippen LogP contribution is -2.50. The maximum absolute atomic E-state index is 9.59. The van der Waals surface area contributed by atoms with Gasteiger partial charge in [-0.2, -0.15) is 11.8 Å². The van der Waals surface area contributed by atoms with Gasteiger partial charge in [-0.25, -0.2) is 0 Å². The second kappa shape index (κ2) is 6.44. The molecule has 0 aromatic rings. The lowest BCUT2D eigenvalue weighted by Gasteiger charge is -2.41. The molecule has 0 spiro atoms. The zero-order valence-corrected chi connectivity index (χ0v) is 12.7. The summed E-state index contributed by atoms with van der Waals surface area (Å²) in [6.07, 6.45) is 3.39. The van der Waals surface area contributed by atoms with E-state index < -0.39 is 0 Å². The van der Waals surface area contributed by atoms with E-state index in [1.807, 2.05) is 0 Å². The molecule has 1 aliphatic heterocycles. The van der Waals surface area contributed by atoms with Crippen molar-refractivity contribution in [2.45, 2.75) is 53.0 Å². The first-order valence-electron chi connectivity index (χ1n) is 6.91. The summed E-state index contributed by atoms with van der Waals surface area (Å²) in [7, 11) is 0. The van der Waals surface area contributed by atoms with Crippen LogP contribution in [0.1, 0.15) is 47.0 Å². The Morgan fingerprint density at radius 3 is 2.47 bits per heavy atom. The Morgan fingerprint density at radius 1 is 1.35 bits per heavy atom. The second-order valence-electron chi connectivity index (χ2n) is 6.11. The van der Waals surface area contributed by atoms with E-state index in [2.05, 4.69) is 44.8 Å². The van der Waals surface area contributed by atoms with Crippen LogP contribution in [0, 0.1) is 10.8 Å². The summed E-state index contributed by atoms with van der Waals surface area (Å²) in [6.45, 7) is 10.3. The molecule has 0 amide bonds. The Morgan fingerprint density at radius 2 is 2.00 bits per heavy atom. The van der Waals surface area contributed by atoms with E-state index in [9.17, 15) is 5.11 Å². The number of rotatable bonds is 6. The van der Waals surface area contributed by atoms with Crippen molar-refractivity contribution < 1.29 is 5.11 Å². The Kier molecular flexibility index (Phi) is 5.81. The van der Waals surface area contributed by atoms with Gasteiger partial charge in [0.25, 0.3) is 0 Å². The number of hydrogen-bond acceptors (Lipinski definition) is 3. The van der Waals surface area contributed by atoms with Gasteiger partial charge in [0, 0.05) is 30.4 Å². The topological polar surface area (TPSA) is 32.3 Å². The molecule has 1 fully saturated rings.